The van der Waals surface area contributed by atoms with E-state index < -0.39 is 0 Å². The van der Waals surface area contributed by atoms with Crippen molar-refractivity contribution in [3.63, 3.8) is 0 Å². The van der Waals surface area contributed by atoms with Crippen molar-refractivity contribution in [1.82, 2.24) is 29.9 Å². The number of nitrogens with one attached hydrogen (secondary N) is 1. The van der Waals surface area contributed by atoms with Crippen molar-refractivity contribution in [3.05, 3.63) is 35.6 Å². The minimum absolute atomic E-state index is 0.0113. The van der Waals surface area contributed by atoms with Gasteiger partial charge >= 0.3 is 21.8 Å². The second-order valence-electron chi connectivity index (χ2n) is 4.67. The summed E-state index contributed by atoms with van der Waals surface area (Å²) >= 11 is 5.96. The molecule has 0 aliphatic rings. The molecule has 10 nitrogen and oxygen atoms in total. The Morgan fingerprint density at radius 1 is 1.27 bits per heavy atom. The molecule has 3 aromatic heterocycles. The normalized spacial score (nSPS) is 9.88. The topological polar surface area (TPSA) is 125 Å². The average Bonchev–Trinajstić information content (AvgIpc) is 3.09. The standard InChI is InChI=1S/C14H11ClN7O2.O.Zn/c1-22-7-17-14(21-22)8-4-16-5-10(13(8)24-2)18-9-3-12(15)20-19-11(9)6-23;;/h3-5,7H,1-2H3,(H,18,20);;/q-1;;. The van der Waals surface area contributed by atoms with Crippen molar-refractivity contribution in [2.24, 2.45) is 7.05 Å². The molecule has 0 amide bonds. The van der Waals surface area contributed by atoms with E-state index in [-0.39, 0.29) is 29.1 Å². The van der Waals surface area contributed by atoms with E-state index in [0.717, 1.165) is 0 Å². The molecule has 3 heterocycles. The van der Waals surface area contributed by atoms with Gasteiger partial charge in [0, 0.05) is 19.5 Å². The van der Waals surface area contributed by atoms with Gasteiger partial charge in [0.15, 0.2) is 11.6 Å². The van der Waals surface area contributed by atoms with Crippen LogP contribution < -0.4 is 10.1 Å². The molecule has 0 aliphatic heterocycles. The second kappa shape index (κ2) is 9.16. The van der Waals surface area contributed by atoms with Gasteiger partial charge in [-0.05, 0) is 5.69 Å². The summed E-state index contributed by atoms with van der Waals surface area (Å²) in [7, 11) is 3.27. The fourth-order valence-electron chi connectivity index (χ4n) is 2.06. The number of hydrogen-bond acceptors (Lipinski definition) is 9. The third-order valence-electron chi connectivity index (χ3n) is 3.07. The Labute approximate surface area is 162 Å². The van der Waals surface area contributed by atoms with Crippen LogP contribution in [0.15, 0.2) is 24.8 Å². The number of ether oxygens (including phenoxy) is 1. The summed E-state index contributed by atoms with van der Waals surface area (Å²) in [4.78, 5) is 19.3. The Kier molecular flexibility index (Phi) is 6.93. The minimum atomic E-state index is -0.0113. The zero-order chi connectivity index (χ0) is 19.1. The van der Waals surface area contributed by atoms with E-state index in [2.05, 4.69) is 30.6 Å². The zero-order valence-corrected chi connectivity index (χ0v) is 17.5. The molecule has 0 spiro atoms. The van der Waals surface area contributed by atoms with E-state index >= 15 is 0 Å². The molecule has 1 N–H and O–H groups in total. The third kappa shape index (κ3) is 4.30. The van der Waals surface area contributed by atoms with Crippen LogP contribution in [-0.4, -0.2) is 43.3 Å². The first-order valence-electron chi connectivity index (χ1n) is 6.97. The van der Waals surface area contributed by atoms with Crippen LogP contribution in [0.1, 0.15) is 5.69 Å². The van der Waals surface area contributed by atoms with Crippen molar-refractivity contribution in [1.29, 1.82) is 0 Å². The molecule has 0 unspecified atom stereocenters. The van der Waals surface area contributed by atoms with E-state index in [1.54, 1.807) is 30.5 Å². The molecule has 0 saturated heterocycles. The first-order chi connectivity index (χ1) is 12.6. The molecule has 26 heavy (non-hydrogen) atoms. The van der Waals surface area contributed by atoms with Gasteiger partial charge in [0.2, 0.25) is 0 Å². The number of carbonyl (C=O) groups excluding carboxylic acids is 1. The summed E-state index contributed by atoms with van der Waals surface area (Å²) in [6, 6.07) is 1.46. The molecule has 3 rings (SSSR count). The number of pyridine rings is 1. The summed E-state index contributed by atoms with van der Waals surface area (Å²) in [6.07, 6.45) is 6.39. The summed E-state index contributed by atoms with van der Waals surface area (Å²) in [5.41, 5.74) is 1.40. The van der Waals surface area contributed by atoms with Crippen LogP contribution in [0.4, 0.5) is 11.4 Å². The van der Waals surface area contributed by atoms with Crippen molar-refractivity contribution < 1.29 is 31.4 Å². The van der Waals surface area contributed by atoms with Crippen LogP contribution in [0.3, 0.4) is 0 Å². The monoisotopic (exact) mass is 424 g/mol. The number of rotatable bonds is 5. The third-order valence-corrected chi connectivity index (χ3v) is 3.26. The van der Waals surface area contributed by atoms with Gasteiger partial charge in [-0.25, -0.2) is 4.98 Å². The Morgan fingerprint density at radius 3 is 2.65 bits per heavy atom. The quantitative estimate of drug-likeness (QED) is 0.476. The first-order valence-corrected chi connectivity index (χ1v) is 8.56. The maximum atomic E-state index is 11.0. The molecule has 0 aromatic carbocycles. The van der Waals surface area contributed by atoms with Crippen LogP contribution in [0, 0.1) is 0 Å². The second-order valence-corrected chi connectivity index (χ2v) is 5.05. The number of nitrogens with zero attached hydrogens (tertiary/aromatic N) is 6. The summed E-state index contributed by atoms with van der Waals surface area (Å²) in [6.45, 7) is 0. The Balaban J connectivity index is 0.00000117. The predicted molar refractivity (Wildman–Crippen MR) is 86.6 cm³/mol. The fourth-order valence-corrected chi connectivity index (χ4v) is 2.21. The SMILES string of the molecule is COc1c(Nc2cc(Cl)nnc2[C-]=O)cncc1-c1ncn(C)n1.[O]=[Zn]. The molecule has 0 saturated carbocycles. The van der Waals surface area contributed by atoms with E-state index in [1.807, 2.05) is 0 Å². The van der Waals surface area contributed by atoms with Gasteiger partial charge in [0.1, 0.15) is 11.5 Å². The molecule has 0 fully saturated rings. The van der Waals surface area contributed by atoms with Crippen LogP contribution in [0.5, 0.6) is 5.75 Å². The molecule has 0 radical (unpaired) electrons. The average molecular weight is 426 g/mol. The van der Waals surface area contributed by atoms with E-state index in [0.29, 0.717) is 28.5 Å². The molecular formula is C14H11ClN7O3Zn-. The number of methoxy groups -OCH3 is 1. The van der Waals surface area contributed by atoms with Gasteiger partial charge in [0.25, 0.3) is 0 Å². The Bertz CT molecular complexity index is 921. The Hall–Kier alpha value is -2.65. The number of hydrogen-bond donors (Lipinski definition) is 1. The molecule has 12 heteroatoms. The summed E-state index contributed by atoms with van der Waals surface area (Å²) in [5, 5.41) is 14.7. The van der Waals surface area contributed by atoms with Crippen molar-refractivity contribution in [2.45, 2.75) is 0 Å². The van der Waals surface area contributed by atoms with Gasteiger partial charge in [0.05, 0.1) is 24.6 Å². The number of halogens is 1. The van der Waals surface area contributed by atoms with Crippen molar-refractivity contribution in [2.75, 3.05) is 12.4 Å². The molecule has 0 aliphatic carbocycles. The van der Waals surface area contributed by atoms with Gasteiger partial charge in [-0.2, -0.15) is 10.2 Å². The summed E-state index contributed by atoms with van der Waals surface area (Å²) in [5.74, 6) is 0.916. The maximum absolute atomic E-state index is 11.0. The fraction of sp³-hybridized carbons (Fsp3) is 0.143. The molecule has 130 valence electrons. The molecule has 0 bridgehead atoms. The van der Waals surface area contributed by atoms with E-state index in [1.165, 1.54) is 19.4 Å². The van der Waals surface area contributed by atoms with Gasteiger partial charge in [-0.15, -0.1) is 5.10 Å². The summed E-state index contributed by atoms with van der Waals surface area (Å²) < 4.78 is 15.4. The van der Waals surface area contributed by atoms with Crippen molar-refractivity contribution >= 4 is 29.3 Å². The van der Waals surface area contributed by atoms with Crippen LogP contribution in [0.25, 0.3) is 11.4 Å². The first kappa shape index (κ1) is 19.7. The van der Waals surface area contributed by atoms with Crippen LogP contribution in [0.2, 0.25) is 5.15 Å². The van der Waals surface area contributed by atoms with Gasteiger partial charge < -0.3 is 14.8 Å². The van der Waals surface area contributed by atoms with E-state index in [9.17, 15) is 4.79 Å². The molecule has 3 aromatic rings. The van der Waals surface area contributed by atoms with Crippen molar-refractivity contribution in [3.8, 4) is 17.1 Å². The molecule has 0 atom stereocenters. The van der Waals surface area contributed by atoms with Crippen LogP contribution >= 0.6 is 11.6 Å². The predicted octanol–water partition coefficient (Wildman–Crippen LogP) is 1.41. The number of aromatic nitrogens is 6. The zero-order valence-electron chi connectivity index (χ0n) is 13.8. The van der Waals surface area contributed by atoms with Crippen LogP contribution in [-0.2, 0) is 33.7 Å². The van der Waals surface area contributed by atoms with Gasteiger partial charge in [-0.3, -0.25) is 9.67 Å². The molecular weight excluding hydrogens is 415 g/mol. The number of aryl methyl sites for hydroxylation is 1. The van der Waals surface area contributed by atoms with Gasteiger partial charge in [-0.1, -0.05) is 23.4 Å². The van der Waals surface area contributed by atoms with E-state index in [4.69, 9.17) is 19.9 Å². The Morgan fingerprint density at radius 2 is 2.04 bits per heavy atom. The number of anilines is 2.